The van der Waals surface area contributed by atoms with Gasteiger partial charge in [0.05, 0.1) is 0 Å². The largest absolute Gasteiger partial charge is 0.872 e. The molecular weight excluding hydrogens is 848 g/mol. The summed E-state index contributed by atoms with van der Waals surface area (Å²) in [6, 6.07) is 17.4. The molecule has 0 fully saturated rings. The summed E-state index contributed by atoms with van der Waals surface area (Å²) >= 11 is 0. The SMILES string of the molecule is CC(=O)/C=C(\[O-])c1ccccc1.CC(=O)/C=C(\[O-])c1ccccc1.CCCCCCCCCCCCCCCCCC(=O)[O-].CCCCCCCCCCCCCCCCCC(=O)[O-].[Ti]. The van der Waals surface area contributed by atoms with Crippen molar-refractivity contribution in [1.82, 2.24) is 0 Å². The van der Waals surface area contributed by atoms with Crippen molar-refractivity contribution in [3.05, 3.63) is 83.9 Å². The van der Waals surface area contributed by atoms with Gasteiger partial charge in [0.1, 0.15) is 0 Å². The van der Waals surface area contributed by atoms with Gasteiger partial charge in [0.2, 0.25) is 0 Å². The topological polar surface area (TPSA) is 161 Å². The number of carbonyl (C=O) groups is 4. The molecule has 0 N–H and O–H groups in total. The maximum absolute atomic E-state index is 11.2. The number of ketones is 2. The van der Waals surface area contributed by atoms with Gasteiger partial charge >= 0.3 is 0 Å². The summed E-state index contributed by atoms with van der Waals surface area (Å²) in [7, 11) is 0. The van der Waals surface area contributed by atoms with E-state index in [4.69, 9.17) is 0 Å². The molecule has 0 spiro atoms. The van der Waals surface area contributed by atoms with Crippen LogP contribution in [0.3, 0.4) is 0 Å². The molecule has 8 nitrogen and oxygen atoms in total. The van der Waals surface area contributed by atoms with E-state index in [1.807, 2.05) is 12.1 Å². The molecule has 0 saturated carbocycles. The average molecular weight is 937 g/mol. The van der Waals surface area contributed by atoms with Crippen molar-refractivity contribution in [3.8, 4) is 0 Å². The van der Waals surface area contributed by atoms with E-state index in [1.54, 1.807) is 48.5 Å². The third-order valence-electron chi connectivity index (χ3n) is 10.8. The minimum atomic E-state index is -0.903. The summed E-state index contributed by atoms with van der Waals surface area (Å²) in [6.45, 7) is 7.26. The fraction of sp³-hybridized carbons (Fsp3) is 0.643. The van der Waals surface area contributed by atoms with Gasteiger partial charge in [-0.05, 0) is 62.8 Å². The van der Waals surface area contributed by atoms with Crippen molar-refractivity contribution in [2.24, 2.45) is 0 Å². The molecular formula is C56H88O8Ti-4. The fourth-order valence-electron chi connectivity index (χ4n) is 7.02. The van der Waals surface area contributed by atoms with Crippen LogP contribution in [0.2, 0.25) is 0 Å². The summed E-state index contributed by atoms with van der Waals surface area (Å²) in [5.41, 5.74) is 1.10. The number of unbranched alkanes of at least 4 members (excludes halogenated alkanes) is 28. The van der Waals surface area contributed by atoms with Crippen molar-refractivity contribution < 1.29 is 61.3 Å². The Balaban J connectivity index is -0.000000804. The Kier molecular flexibility index (Phi) is 52.1. The van der Waals surface area contributed by atoms with Crippen LogP contribution in [-0.4, -0.2) is 23.5 Å². The molecule has 0 aliphatic carbocycles. The van der Waals surface area contributed by atoms with Crippen molar-refractivity contribution >= 4 is 35.0 Å². The second-order valence-corrected chi connectivity index (χ2v) is 17.1. The van der Waals surface area contributed by atoms with Gasteiger partial charge in [-0.2, -0.15) is 0 Å². The molecule has 2 rings (SSSR count). The molecule has 0 aliphatic heterocycles. The molecule has 0 heterocycles. The molecule has 0 bridgehead atoms. The number of carbonyl (C=O) groups excluding carboxylic acids is 4. The smallest absolute Gasteiger partial charge is 0.152 e. The number of aliphatic carboxylic acids is 2. The normalized spacial score (nSPS) is 10.8. The zero-order chi connectivity index (χ0) is 47.7. The summed E-state index contributed by atoms with van der Waals surface area (Å²) < 4.78 is 0. The van der Waals surface area contributed by atoms with Crippen LogP contribution < -0.4 is 20.4 Å². The predicted octanol–water partition coefficient (Wildman–Crippen LogP) is 11.9. The van der Waals surface area contributed by atoms with E-state index in [0.29, 0.717) is 11.1 Å². The first-order valence-electron chi connectivity index (χ1n) is 25.2. The molecule has 2 aromatic rings. The summed E-state index contributed by atoms with van der Waals surface area (Å²) in [5, 5.41) is 42.8. The molecule has 9 heteroatoms. The van der Waals surface area contributed by atoms with Crippen LogP contribution in [0, 0.1) is 0 Å². The quantitative estimate of drug-likeness (QED) is 0.0282. The van der Waals surface area contributed by atoms with E-state index in [0.717, 1.165) is 37.8 Å². The Morgan fingerprint density at radius 1 is 0.354 bits per heavy atom. The Bertz CT molecular complexity index is 1330. The molecule has 0 aromatic heterocycles. The molecule has 2 aromatic carbocycles. The monoisotopic (exact) mass is 937 g/mol. The Hall–Kier alpha value is -3.49. The minimum absolute atomic E-state index is 0. The van der Waals surface area contributed by atoms with Gasteiger partial charge in [0.25, 0.3) is 0 Å². The first kappa shape index (κ1) is 65.8. The molecule has 0 aliphatic rings. The van der Waals surface area contributed by atoms with Crippen LogP contribution in [0.5, 0.6) is 0 Å². The third kappa shape index (κ3) is 53.0. The van der Waals surface area contributed by atoms with Gasteiger partial charge in [0.15, 0.2) is 11.6 Å². The second-order valence-electron chi connectivity index (χ2n) is 17.1. The van der Waals surface area contributed by atoms with E-state index in [9.17, 15) is 39.6 Å². The number of benzene rings is 2. The maximum atomic E-state index is 11.2. The zero-order valence-electron chi connectivity index (χ0n) is 41.3. The number of rotatable bonds is 36. The minimum Gasteiger partial charge on any atom is -0.872 e. The van der Waals surface area contributed by atoms with Crippen LogP contribution in [0.15, 0.2) is 72.8 Å². The van der Waals surface area contributed by atoms with Crippen molar-refractivity contribution in [2.75, 3.05) is 0 Å². The average Bonchev–Trinajstić information content (AvgIpc) is 3.27. The Morgan fingerprint density at radius 3 is 0.738 bits per heavy atom. The van der Waals surface area contributed by atoms with E-state index < -0.39 is 11.9 Å². The second kappa shape index (κ2) is 51.5. The van der Waals surface area contributed by atoms with Crippen LogP contribution in [-0.2, 0) is 40.9 Å². The molecule has 0 atom stereocenters. The van der Waals surface area contributed by atoms with Gasteiger partial charge in [-0.25, -0.2) is 0 Å². The van der Waals surface area contributed by atoms with Crippen molar-refractivity contribution in [1.29, 1.82) is 0 Å². The first-order valence-corrected chi connectivity index (χ1v) is 25.2. The number of carboxylic acids is 2. The maximum Gasteiger partial charge on any atom is 0.152 e. The Labute approximate surface area is 411 Å². The molecule has 65 heavy (non-hydrogen) atoms. The Morgan fingerprint density at radius 2 is 0.554 bits per heavy atom. The van der Waals surface area contributed by atoms with Gasteiger partial charge in [-0.1, -0.05) is 266 Å². The molecule has 368 valence electrons. The standard InChI is InChI=1S/2C18H36O2.2C10H10O2.Ti/c2*1-2-3-4-5-6-7-8-9-10-11-12-13-14-15-16-17-18(19)20;2*1-8(11)7-10(12)9-5-3-2-4-6-9;/h2*2-17H2,1H3,(H,19,20);2*2-7,12H,1H3;/p-4/b;;2*10-7-;. The van der Waals surface area contributed by atoms with Crippen LogP contribution in [0.25, 0.3) is 11.5 Å². The number of carboxylic acid groups (broad SMARTS) is 2. The van der Waals surface area contributed by atoms with Crippen LogP contribution >= 0.6 is 0 Å². The fourth-order valence-corrected chi connectivity index (χ4v) is 7.02. The van der Waals surface area contributed by atoms with Gasteiger partial charge in [-0.3, -0.25) is 9.59 Å². The predicted molar refractivity (Wildman–Crippen MR) is 259 cm³/mol. The van der Waals surface area contributed by atoms with E-state index in [2.05, 4.69) is 13.8 Å². The first-order chi connectivity index (χ1) is 30.9. The summed E-state index contributed by atoms with van der Waals surface area (Å²) in [5.74, 6) is -2.71. The molecule has 0 saturated heterocycles. The van der Waals surface area contributed by atoms with Gasteiger partial charge in [-0.15, -0.1) is 0 Å². The van der Waals surface area contributed by atoms with Crippen LogP contribution in [0.1, 0.15) is 244 Å². The van der Waals surface area contributed by atoms with Crippen molar-refractivity contribution in [2.45, 2.75) is 233 Å². The van der Waals surface area contributed by atoms with E-state index >= 15 is 0 Å². The van der Waals surface area contributed by atoms with Gasteiger partial charge in [0, 0.05) is 33.7 Å². The van der Waals surface area contributed by atoms with Gasteiger partial charge < -0.3 is 30.0 Å². The molecule has 0 radical (unpaired) electrons. The van der Waals surface area contributed by atoms with Crippen molar-refractivity contribution in [3.63, 3.8) is 0 Å². The van der Waals surface area contributed by atoms with E-state index in [1.165, 1.54) is 181 Å². The molecule has 0 amide bonds. The number of allylic oxidation sites excluding steroid dienone is 2. The van der Waals surface area contributed by atoms with Crippen LogP contribution in [0.4, 0.5) is 0 Å². The zero-order valence-corrected chi connectivity index (χ0v) is 42.9. The number of hydrogen-bond acceptors (Lipinski definition) is 8. The van der Waals surface area contributed by atoms with E-state index in [-0.39, 0.29) is 57.6 Å². The summed E-state index contributed by atoms with van der Waals surface area (Å²) in [6.07, 6.45) is 41.9. The third-order valence-corrected chi connectivity index (χ3v) is 10.8. The summed E-state index contributed by atoms with van der Waals surface area (Å²) in [4.78, 5) is 41.5. The molecule has 0 unspecified atom stereocenters. The number of hydrogen-bond donors (Lipinski definition) is 0.